The van der Waals surface area contributed by atoms with Crippen molar-refractivity contribution in [1.29, 1.82) is 0 Å². The molecule has 0 atom stereocenters. The Labute approximate surface area is 161 Å². The number of ether oxygens (including phenoxy) is 1. The molecule has 1 aliphatic heterocycles. The molecule has 0 spiro atoms. The number of hydrogen-bond acceptors (Lipinski definition) is 5. The van der Waals surface area contributed by atoms with E-state index in [-0.39, 0.29) is 16.8 Å². The molecule has 0 saturated carbocycles. The lowest BCUT2D eigenvalue weighted by Crippen LogP contribution is -2.32. The van der Waals surface area contributed by atoms with Gasteiger partial charge in [0.15, 0.2) is 0 Å². The van der Waals surface area contributed by atoms with E-state index in [1.807, 2.05) is 0 Å². The van der Waals surface area contributed by atoms with Crippen molar-refractivity contribution in [2.75, 3.05) is 10.2 Å². The number of benzene rings is 2. The van der Waals surface area contributed by atoms with E-state index in [1.54, 1.807) is 62.4 Å². The Balaban J connectivity index is 1.84. The maximum atomic E-state index is 12.7. The van der Waals surface area contributed by atoms with Crippen molar-refractivity contribution in [2.24, 2.45) is 0 Å². The molecule has 0 saturated heterocycles. The standard InChI is InChI=1S/C20H17ClN2O4/c1-12(2)27-20(26)13-7-6-8-14(11-13)22-17-16(21)18(24)23(19(17)25)15-9-4-3-5-10-15/h3-12,22H,1-2H3. The Bertz CT molecular complexity index is 938. The Morgan fingerprint density at radius 1 is 1.04 bits per heavy atom. The first kappa shape index (κ1) is 18.7. The molecule has 138 valence electrons. The summed E-state index contributed by atoms with van der Waals surface area (Å²) in [5.41, 5.74) is 1.15. The molecular formula is C20H17ClN2O4. The van der Waals surface area contributed by atoms with Crippen molar-refractivity contribution in [1.82, 2.24) is 0 Å². The second kappa shape index (κ2) is 7.63. The third-order valence-corrected chi connectivity index (χ3v) is 4.10. The SMILES string of the molecule is CC(C)OC(=O)c1cccc(NC2=C(Cl)C(=O)N(c3ccccc3)C2=O)c1. The van der Waals surface area contributed by atoms with Gasteiger partial charge in [0.2, 0.25) is 0 Å². The molecule has 0 radical (unpaired) electrons. The summed E-state index contributed by atoms with van der Waals surface area (Å²) in [4.78, 5) is 38.2. The number of nitrogens with one attached hydrogen (secondary N) is 1. The third-order valence-electron chi connectivity index (χ3n) is 3.75. The van der Waals surface area contributed by atoms with Gasteiger partial charge in [0.05, 0.1) is 17.4 Å². The highest BCUT2D eigenvalue weighted by atomic mass is 35.5. The topological polar surface area (TPSA) is 75.7 Å². The number of anilines is 2. The predicted molar refractivity (Wildman–Crippen MR) is 102 cm³/mol. The third kappa shape index (κ3) is 3.85. The second-order valence-corrected chi connectivity index (χ2v) is 6.51. The zero-order valence-electron chi connectivity index (χ0n) is 14.7. The molecule has 0 aliphatic carbocycles. The Hall–Kier alpha value is -3.12. The van der Waals surface area contributed by atoms with Crippen LogP contribution in [0.15, 0.2) is 65.3 Å². The van der Waals surface area contributed by atoms with Gasteiger partial charge in [-0.3, -0.25) is 9.59 Å². The summed E-state index contributed by atoms with van der Waals surface area (Å²) < 4.78 is 5.16. The zero-order valence-corrected chi connectivity index (χ0v) is 15.5. The van der Waals surface area contributed by atoms with Crippen LogP contribution in [0.5, 0.6) is 0 Å². The maximum absolute atomic E-state index is 12.7. The average Bonchev–Trinajstić information content (AvgIpc) is 2.85. The molecule has 7 heteroatoms. The van der Waals surface area contributed by atoms with Crippen LogP contribution in [0.1, 0.15) is 24.2 Å². The summed E-state index contributed by atoms with van der Waals surface area (Å²) in [6.07, 6.45) is -0.250. The number of nitrogens with zero attached hydrogens (tertiary/aromatic N) is 1. The summed E-state index contributed by atoms with van der Waals surface area (Å²) in [6.45, 7) is 3.51. The highest BCUT2D eigenvalue weighted by molar-refractivity contribution is 6.53. The van der Waals surface area contributed by atoms with E-state index in [0.29, 0.717) is 16.9 Å². The van der Waals surface area contributed by atoms with E-state index < -0.39 is 17.8 Å². The molecule has 0 fully saturated rings. The molecule has 6 nitrogen and oxygen atoms in total. The van der Waals surface area contributed by atoms with Crippen molar-refractivity contribution in [3.8, 4) is 0 Å². The number of hydrogen-bond donors (Lipinski definition) is 1. The van der Waals surface area contributed by atoms with Crippen LogP contribution >= 0.6 is 11.6 Å². The number of esters is 1. The number of rotatable bonds is 5. The molecule has 0 unspecified atom stereocenters. The Kier molecular flexibility index (Phi) is 5.28. The number of para-hydroxylation sites is 1. The van der Waals surface area contributed by atoms with Gasteiger partial charge in [-0.25, -0.2) is 9.69 Å². The molecule has 0 aromatic heterocycles. The quantitative estimate of drug-likeness (QED) is 0.628. The minimum Gasteiger partial charge on any atom is -0.459 e. The fourth-order valence-corrected chi connectivity index (χ4v) is 2.79. The minimum absolute atomic E-state index is 0.0418. The van der Waals surface area contributed by atoms with Gasteiger partial charge in [-0.2, -0.15) is 0 Å². The fraction of sp³-hybridized carbons (Fsp3) is 0.150. The van der Waals surface area contributed by atoms with Crippen LogP contribution in [0.3, 0.4) is 0 Å². The average molecular weight is 385 g/mol. The van der Waals surface area contributed by atoms with Gasteiger partial charge < -0.3 is 10.1 Å². The molecular weight excluding hydrogens is 368 g/mol. The Morgan fingerprint density at radius 2 is 1.74 bits per heavy atom. The molecule has 1 heterocycles. The highest BCUT2D eigenvalue weighted by Crippen LogP contribution is 2.30. The fourth-order valence-electron chi connectivity index (χ4n) is 2.57. The van der Waals surface area contributed by atoms with E-state index in [0.717, 1.165) is 4.90 Å². The normalized spacial score (nSPS) is 14.1. The Morgan fingerprint density at radius 3 is 2.41 bits per heavy atom. The van der Waals surface area contributed by atoms with Gasteiger partial charge in [-0.15, -0.1) is 0 Å². The smallest absolute Gasteiger partial charge is 0.338 e. The first-order chi connectivity index (χ1) is 12.9. The first-order valence-electron chi connectivity index (χ1n) is 8.30. The molecule has 1 N–H and O–H groups in total. The molecule has 0 bridgehead atoms. The van der Waals surface area contributed by atoms with Crippen molar-refractivity contribution in [3.63, 3.8) is 0 Å². The van der Waals surface area contributed by atoms with Gasteiger partial charge in [-0.05, 0) is 44.2 Å². The van der Waals surface area contributed by atoms with Crippen LogP contribution in [0.25, 0.3) is 0 Å². The molecule has 27 heavy (non-hydrogen) atoms. The van der Waals surface area contributed by atoms with Crippen LogP contribution in [0, 0.1) is 0 Å². The maximum Gasteiger partial charge on any atom is 0.338 e. The van der Waals surface area contributed by atoms with Gasteiger partial charge in [0.1, 0.15) is 10.7 Å². The number of amides is 2. The van der Waals surface area contributed by atoms with Gasteiger partial charge in [0.25, 0.3) is 11.8 Å². The zero-order chi connectivity index (χ0) is 19.6. The van der Waals surface area contributed by atoms with Gasteiger partial charge in [-0.1, -0.05) is 35.9 Å². The van der Waals surface area contributed by atoms with Crippen LogP contribution in [-0.2, 0) is 14.3 Å². The predicted octanol–water partition coefficient (Wildman–Crippen LogP) is 3.69. The van der Waals surface area contributed by atoms with E-state index in [1.165, 1.54) is 6.07 Å². The van der Waals surface area contributed by atoms with Crippen LogP contribution < -0.4 is 10.2 Å². The first-order valence-corrected chi connectivity index (χ1v) is 8.68. The van der Waals surface area contributed by atoms with Gasteiger partial charge >= 0.3 is 5.97 Å². The van der Waals surface area contributed by atoms with E-state index in [4.69, 9.17) is 16.3 Å². The lowest BCUT2D eigenvalue weighted by atomic mass is 10.2. The monoisotopic (exact) mass is 384 g/mol. The van der Waals surface area contributed by atoms with Crippen LogP contribution in [0.2, 0.25) is 0 Å². The second-order valence-electron chi connectivity index (χ2n) is 6.13. The van der Waals surface area contributed by atoms with Crippen LogP contribution in [0.4, 0.5) is 11.4 Å². The summed E-state index contributed by atoms with van der Waals surface area (Å²) in [7, 11) is 0. The highest BCUT2D eigenvalue weighted by Gasteiger charge is 2.38. The van der Waals surface area contributed by atoms with Crippen molar-refractivity contribution >= 4 is 40.8 Å². The molecule has 1 aliphatic rings. The van der Waals surface area contributed by atoms with Crippen LogP contribution in [-0.4, -0.2) is 23.9 Å². The molecule has 2 amide bonds. The van der Waals surface area contributed by atoms with E-state index in [2.05, 4.69) is 5.32 Å². The number of halogens is 1. The number of carbonyl (C=O) groups excluding carboxylic acids is 3. The van der Waals surface area contributed by atoms with Gasteiger partial charge in [0, 0.05) is 5.69 Å². The number of carbonyl (C=O) groups is 3. The summed E-state index contributed by atoms with van der Waals surface area (Å²) in [6, 6.07) is 14.9. The number of imide groups is 1. The minimum atomic E-state index is -0.606. The lowest BCUT2D eigenvalue weighted by molar-refractivity contribution is -0.120. The molecule has 2 aromatic rings. The largest absolute Gasteiger partial charge is 0.459 e. The van der Waals surface area contributed by atoms with E-state index in [9.17, 15) is 14.4 Å². The van der Waals surface area contributed by atoms with E-state index >= 15 is 0 Å². The molecule has 2 aromatic carbocycles. The summed E-state index contributed by atoms with van der Waals surface area (Å²) >= 11 is 6.10. The molecule has 3 rings (SSSR count). The summed E-state index contributed by atoms with van der Waals surface area (Å²) in [5.74, 6) is -1.65. The van der Waals surface area contributed by atoms with Crippen molar-refractivity contribution in [3.05, 3.63) is 70.9 Å². The van der Waals surface area contributed by atoms with Crippen molar-refractivity contribution < 1.29 is 19.1 Å². The lowest BCUT2D eigenvalue weighted by Gasteiger charge is -2.15. The van der Waals surface area contributed by atoms with Crippen molar-refractivity contribution in [2.45, 2.75) is 20.0 Å². The summed E-state index contributed by atoms with van der Waals surface area (Å²) in [5, 5.41) is 2.64.